The summed E-state index contributed by atoms with van der Waals surface area (Å²) >= 11 is 0. The Labute approximate surface area is 113 Å². The number of rotatable bonds is 2. The molecule has 0 bridgehead atoms. The Morgan fingerprint density at radius 1 is 1.16 bits per heavy atom. The average Bonchev–Trinajstić information content (AvgIpc) is 2.49. The fourth-order valence-corrected chi connectivity index (χ4v) is 2.87. The van der Waals surface area contributed by atoms with Crippen molar-refractivity contribution in [2.45, 2.75) is 43.7 Å². The molecule has 0 atom stereocenters. The molecular formula is C13H18N2O3S. The van der Waals surface area contributed by atoms with Crippen LogP contribution in [0.15, 0.2) is 34.2 Å². The van der Waals surface area contributed by atoms with Gasteiger partial charge in [0.15, 0.2) is 0 Å². The number of benzene rings is 1. The van der Waals surface area contributed by atoms with E-state index in [2.05, 4.69) is 9.71 Å². The lowest BCUT2D eigenvalue weighted by molar-refractivity contribution is 0.0156. The van der Waals surface area contributed by atoms with E-state index >= 15 is 0 Å². The third-order valence-electron chi connectivity index (χ3n) is 3.55. The molecule has 0 fully saturated rings. The maximum Gasteiger partial charge on any atom is 0.263 e. The fraction of sp³-hybridized carbons (Fsp3) is 0.462. The lowest BCUT2D eigenvalue weighted by atomic mass is 9.86. The molecule has 5 nitrogen and oxygen atoms in total. The van der Waals surface area contributed by atoms with Gasteiger partial charge in [-0.3, -0.25) is 9.71 Å². The number of sulfonamides is 1. The van der Waals surface area contributed by atoms with Gasteiger partial charge in [-0.2, -0.15) is 0 Å². The molecule has 104 valence electrons. The number of aliphatic hydroxyl groups is 1. The van der Waals surface area contributed by atoms with Gasteiger partial charge in [0.1, 0.15) is 5.84 Å². The van der Waals surface area contributed by atoms with E-state index in [1.54, 1.807) is 45.9 Å². The van der Waals surface area contributed by atoms with Crippen molar-refractivity contribution >= 4 is 15.9 Å². The van der Waals surface area contributed by atoms with E-state index in [-0.39, 0.29) is 10.7 Å². The number of amidine groups is 1. The smallest absolute Gasteiger partial charge is 0.263 e. The van der Waals surface area contributed by atoms with Crippen LogP contribution in [0.1, 0.15) is 33.3 Å². The number of nitrogens with one attached hydrogen (secondary N) is 1. The van der Waals surface area contributed by atoms with Gasteiger partial charge in [-0.15, -0.1) is 0 Å². The highest BCUT2D eigenvalue weighted by molar-refractivity contribution is 7.90. The van der Waals surface area contributed by atoms with Crippen molar-refractivity contribution in [1.82, 2.24) is 4.72 Å². The van der Waals surface area contributed by atoms with Crippen LogP contribution in [0, 0.1) is 0 Å². The summed E-state index contributed by atoms with van der Waals surface area (Å²) in [5, 5.41) is 10.1. The maximum atomic E-state index is 11.9. The summed E-state index contributed by atoms with van der Waals surface area (Å²) in [6, 6.07) is 6.67. The highest BCUT2D eigenvalue weighted by Crippen LogP contribution is 2.29. The first-order valence-electron chi connectivity index (χ1n) is 5.99. The Morgan fingerprint density at radius 3 is 2.32 bits per heavy atom. The summed E-state index contributed by atoms with van der Waals surface area (Å²) in [6.45, 7) is 6.81. The van der Waals surface area contributed by atoms with Gasteiger partial charge >= 0.3 is 0 Å². The standard InChI is InChI=1S/C13H18N2O3S/c1-12(2,13(3,4)16)14-11-9-7-5-6-8-10(9)19(17,18)15-11/h5-8,16H,1-4H3,(H,14,15). The number of hydrogen-bond acceptors (Lipinski definition) is 4. The largest absolute Gasteiger partial charge is 0.388 e. The third-order valence-corrected chi connectivity index (χ3v) is 4.95. The normalized spacial score (nSPS) is 20.2. The number of hydrogen-bond donors (Lipinski definition) is 2. The van der Waals surface area contributed by atoms with E-state index in [0.717, 1.165) is 0 Å². The highest BCUT2D eigenvalue weighted by atomic mass is 32.2. The second-order valence-electron chi connectivity index (χ2n) is 5.68. The Balaban J connectivity index is 2.57. The summed E-state index contributed by atoms with van der Waals surface area (Å²) in [5.41, 5.74) is -1.34. The van der Waals surface area contributed by atoms with Crippen molar-refractivity contribution in [3.8, 4) is 0 Å². The molecule has 1 aliphatic heterocycles. The van der Waals surface area contributed by atoms with Crippen molar-refractivity contribution in [3.05, 3.63) is 29.8 Å². The third kappa shape index (κ3) is 2.37. The second kappa shape index (κ2) is 4.05. The summed E-state index contributed by atoms with van der Waals surface area (Å²) < 4.78 is 26.3. The molecule has 0 saturated heterocycles. The minimum Gasteiger partial charge on any atom is -0.388 e. The molecule has 1 aliphatic rings. The summed E-state index contributed by atoms with van der Waals surface area (Å²) in [5.74, 6) is 0.280. The molecule has 19 heavy (non-hydrogen) atoms. The van der Waals surface area contributed by atoms with E-state index in [0.29, 0.717) is 5.56 Å². The van der Waals surface area contributed by atoms with Crippen LogP contribution < -0.4 is 4.72 Å². The predicted octanol–water partition coefficient (Wildman–Crippen LogP) is 1.27. The van der Waals surface area contributed by atoms with Crippen LogP contribution in [0.2, 0.25) is 0 Å². The molecule has 0 aromatic heterocycles. The van der Waals surface area contributed by atoms with Crippen molar-refractivity contribution < 1.29 is 13.5 Å². The molecule has 1 aromatic rings. The Morgan fingerprint density at radius 2 is 1.74 bits per heavy atom. The van der Waals surface area contributed by atoms with E-state index in [1.165, 1.54) is 6.07 Å². The van der Waals surface area contributed by atoms with Crippen molar-refractivity contribution in [1.29, 1.82) is 0 Å². The first-order chi connectivity index (χ1) is 8.55. The SMILES string of the molecule is CC(C)(O)C(C)(C)N=C1NS(=O)(=O)c2ccccc21. The molecule has 2 rings (SSSR count). The molecule has 0 saturated carbocycles. The maximum absolute atomic E-state index is 11.9. The summed E-state index contributed by atoms with van der Waals surface area (Å²) in [7, 11) is -3.54. The first kappa shape index (κ1) is 14.0. The second-order valence-corrected chi connectivity index (χ2v) is 7.33. The molecule has 0 radical (unpaired) electrons. The fourth-order valence-electron chi connectivity index (χ4n) is 1.63. The predicted molar refractivity (Wildman–Crippen MR) is 73.7 cm³/mol. The number of aliphatic imine (C=N–C) groups is 1. The van der Waals surface area contributed by atoms with E-state index in [1.807, 2.05) is 0 Å². The van der Waals surface area contributed by atoms with Crippen LogP contribution in [-0.4, -0.2) is 30.5 Å². The van der Waals surface area contributed by atoms with E-state index in [4.69, 9.17) is 0 Å². The molecule has 6 heteroatoms. The zero-order chi connectivity index (χ0) is 14.5. The molecule has 2 N–H and O–H groups in total. The lowest BCUT2D eigenvalue weighted by Crippen LogP contribution is -2.45. The summed E-state index contributed by atoms with van der Waals surface area (Å²) in [4.78, 5) is 4.62. The van der Waals surface area contributed by atoms with Gasteiger partial charge in [-0.25, -0.2) is 8.42 Å². The van der Waals surface area contributed by atoms with Crippen molar-refractivity contribution in [2.75, 3.05) is 0 Å². The molecule has 0 aliphatic carbocycles. The Kier molecular flexibility index (Phi) is 2.98. The van der Waals surface area contributed by atoms with Crippen LogP contribution in [-0.2, 0) is 10.0 Å². The summed E-state index contributed by atoms with van der Waals surface area (Å²) in [6.07, 6.45) is 0. The van der Waals surface area contributed by atoms with Crippen LogP contribution in [0.4, 0.5) is 0 Å². The molecule has 1 heterocycles. The zero-order valence-corrected chi connectivity index (χ0v) is 12.2. The minimum atomic E-state index is -3.54. The van der Waals surface area contributed by atoms with Crippen LogP contribution >= 0.6 is 0 Å². The van der Waals surface area contributed by atoms with Gasteiger partial charge in [0, 0.05) is 5.56 Å². The lowest BCUT2D eigenvalue weighted by Gasteiger charge is -2.33. The van der Waals surface area contributed by atoms with Crippen LogP contribution in [0.5, 0.6) is 0 Å². The molecule has 0 unspecified atom stereocenters. The minimum absolute atomic E-state index is 0.222. The quantitative estimate of drug-likeness (QED) is 0.857. The molecule has 1 aromatic carbocycles. The van der Waals surface area contributed by atoms with Gasteiger partial charge in [0.2, 0.25) is 0 Å². The topological polar surface area (TPSA) is 78.8 Å². The zero-order valence-electron chi connectivity index (χ0n) is 11.4. The first-order valence-corrected chi connectivity index (χ1v) is 7.47. The molecular weight excluding hydrogens is 264 g/mol. The number of fused-ring (bicyclic) bond motifs is 1. The van der Waals surface area contributed by atoms with Crippen molar-refractivity contribution in [3.63, 3.8) is 0 Å². The van der Waals surface area contributed by atoms with Gasteiger partial charge in [0.25, 0.3) is 10.0 Å². The Hall–Kier alpha value is -1.40. The number of nitrogens with zero attached hydrogens (tertiary/aromatic N) is 1. The van der Waals surface area contributed by atoms with Crippen LogP contribution in [0.25, 0.3) is 0 Å². The van der Waals surface area contributed by atoms with Gasteiger partial charge in [-0.1, -0.05) is 12.1 Å². The Bertz CT molecular complexity index is 640. The molecule has 0 spiro atoms. The average molecular weight is 282 g/mol. The molecule has 0 amide bonds. The van der Waals surface area contributed by atoms with Crippen molar-refractivity contribution in [2.24, 2.45) is 4.99 Å². The van der Waals surface area contributed by atoms with Gasteiger partial charge in [0.05, 0.1) is 16.0 Å². The van der Waals surface area contributed by atoms with Gasteiger partial charge < -0.3 is 5.11 Å². The van der Waals surface area contributed by atoms with E-state index in [9.17, 15) is 13.5 Å². The monoisotopic (exact) mass is 282 g/mol. The van der Waals surface area contributed by atoms with Gasteiger partial charge in [-0.05, 0) is 39.8 Å². The van der Waals surface area contributed by atoms with E-state index < -0.39 is 21.2 Å². The van der Waals surface area contributed by atoms with Crippen LogP contribution in [0.3, 0.4) is 0 Å². The highest BCUT2D eigenvalue weighted by Gasteiger charge is 2.38.